The average Bonchev–Trinajstić information content (AvgIpc) is 2.62. The summed E-state index contributed by atoms with van der Waals surface area (Å²) >= 11 is 19.5. The maximum Gasteiger partial charge on any atom is 0.0992 e. The van der Waals surface area contributed by atoms with Crippen LogP contribution in [0.1, 0.15) is 22.7 Å². The third-order valence-corrected chi connectivity index (χ3v) is 4.60. The molecule has 2 rings (SSSR count). The number of benzene rings is 1. The molecule has 96 valence electrons. The summed E-state index contributed by atoms with van der Waals surface area (Å²) in [5.74, 6) is 0. The molecule has 2 aromatic rings. The van der Waals surface area contributed by atoms with Crippen LogP contribution < -0.4 is 5.73 Å². The monoisotopic (exact) mass is 319 g/mol. The number of halogens is 3. The summed E-state index contributed by atoms with van der Waals surface area (Å²) in [7, 11) is 0. The highest BCUT2D eigenvalue weighted by Crippen LogP contribution is 2.35. The molecule has 1 aromatic heterocycles. The SMILES string of the molecule is Cc1ccc(CC(N)c2cc(Cl)sc2Cl)c(Cl)c1. The van der Waals surface area contributed by atoms with Gasteiger partial charge in [-0.15, -0.1) is 11.3 Å². The average molecular weight is 321 g/mol. The first-order valence-corrected chi connectivity index (χ1v) is 7.37. The smallest absolute Gasteiger partial charge is 0.0992 e. The lowest BCUT2D eigenvalue weighted by Gasteiger charge is -2.12. The van der Waals surface area contributed by atoms with Gasteiger partial charge in [0.1, 0.15) is 0 Å². The van der Waals surface area contributed by atoms with Gasteiger partial charge in [0.2, 0.25) is 0 Å². The minimum Gasteiger partial charge on any atom is -0.324 e. The van der Waals surface area contributed by atoms with E-state index in [0.717, 1.165) is 21.7 Å². The number of rotatable bonds is 3. The quantitative estimate of drug-likeness (QED) is 0.820. The van der Waals surface area contributed by atoms with E-state index in [0.29, 0.717) is 15.1 Å². The van der Waals surface area contributed by atoms with Gasteiger partial charge in [0.05, 0.1) is 8.67 Å². The molecule has 0 aliphatic rings. The van der Waals surface area contributed by atoms with E-state index in [2.05, 4.69) is 0 Å². The Labute approximate surface area is 125 Å². The summed E-state index contributed by atoms with van der Waals surface area (Å²) in [6, 6.07) is 7.59. The van der Waals surface area contributed by atoms with Crippen LogP contribution in [0.15, 0.2) is 24.3 Å². The summed E-state index contributed by atoms with van der Waals surface area (Å²) in [5, 5.41) is 0.739. The van der Waals surface area contributed by atoms with Gasteiger partial charge < -0.3 is 5.73 Å². The molecule has 0 bridgehead atoms. The predicted octanol–water partition coefficient (Wildman–Crippen LogP) is 5.26. The van der Waals surface area contributed by atoms with Crippen LogP contribution in [0.3, 0.4) is 0 Å². The van der Waals surface area contributed by atoms with Gasteiger partial charge >= 0.3 is 0 Å². The second-order valence-corrected chi connectivity index (χ2v) is 6.88. The maximum absolute atomic E-state index is 6.19. The molecular weight excluding hydrogens is 309 g/mol. The van der Waals surface area contributed by atoms with Gasteiger partial charge in [-0.1, -0.05) is 46.9 Å². The van der Waals surface area contributed by atoms with Gasteiger partial charge in [-0.25, -0.2) is 0 Å². The Kier molecular flexibility index (Phi) is 4.57. The molecule has 0 fully saturated rings. The van der Waals surface area contributed by atoms with Crippen molar-refractivity contribution >= 4 is 46.1 Å². The van der Waals surface area contributed by atoms with Crippen molar-refractivity contribution in [1.82, 2.24) is 0 Å². The molecule has 0 saturated carbocycles. The second kappa shape index (κ2) is 5.81. The van der Waals surface area contributed by atoms with E-state index in [9.17, 15) is 0 Å². The van der Waals surface area contributed by atoms with Crippen LogP contribution in [-0.4, -0.2) is 0 Å². The standard InChI is InChI=1S/C13H12Cl3NS/c1-7-2-3-8(10(14)4-7)5-11(17)9-6-12(15)18-13(9)16/h2-4,6,11H,5,17H2,1H3. The van der Waals surface area contributed by atoms with Crippen LogP contribution in [0.5, 0.6) is 0 Å². The fraction of sp³-hybridized carbons (Fsp3) is 0.231. The number of thiophene rings is 1. The van der Waals surface area contributed by atoms with Crippen molar-refractivity contribution in [2.45, 2.75) is 19.4 Å². The van der Waals surface area contributed by atoms with E-state index in [1.807, 2.05) is 31.2 Å². The molecule has 18 heavy (non-hydrogen) atoms. The molecule has 0 radical (unpaired) electrons. The van der Waals surface area contributed by atoms with E-state index in [-0.39, 0.29) is 6.04 Å². The molecule has 0 aliphatic carbocycles. The molecule has 2 N–H and O–H groups in total. The van der Waals surface area contributed by atoms with Crippen LogP contribution in [0, 0.1) is 6.92 Å². The van der Waals surface area contributed by atoms with Crippen molar-refractivity contribution in [3.8, 4) is 0 Å². The zero-order chi connectivity index (χ0) is 13.3. The van der Waals surface area contributed by atoms with Crippen LogP contribution in [0.2, 0.25) is 13.7 Å². The number of nitrogens with two attached hydrogens (primary N) is 1. The third kappa shape index (κ3) is 3.19. The fourth-order valence-electron chi connectivity index (χ4n) is 1.77. The second-order valence-electron chi connectivity index (χ2n) is 4.19. The molecule has 1 atom stereocenters. The molecule has 0 spiro atoms. The first-order chi connectivity index (χ1) is 8.47. The highest BCUT2D eigenvalue weighted by atomic mass is 35.5. The van der Waals surface area contributed by atoms with E-state index in [1.165, 1.54) is 11.3 Å². The zero-order valence-corrected chi connectivity index (χ0v) is 12.8. The molecule has 5 heteroatoms. The Hall–Kier alpha value is -0.250. The Bertz CT molecular complexity index is 565. The molecule has 0 amide bonds. The van der Waals surface area contributed by atoms with Crippen molar-refractivity contribution < 1.29 is 0 Å². The Morgan fingerprint density at radius 2 is 1.94 bits per heavy atom. The Morgan fingerprint density at radius 3 is 2.50 bits per heavy atom. The molecular formula is C13H12Cl3NS. The van der Waals surface area contributed by atoms with Gasteiger partial charge in [-0.05, 0) is 36.6 Å². The molecule has 1 heterocycles. The largest absolute Gasteiger partial charge is 0.324 e. The minimum atomic E-state index is -0.193. The Morgan fingerprint density at radius 1 is 1.22 bits per heavy atom. The lowest BCUT2D eigenvalue weighted by atomic mass is 10.0. The van der Waals surface area contributed by atoms with E-state index in [1.54, 1.807) is 0 Å². The van der Waals surface area contributed by atoms with Crippen molar-refractivity contribution in [2.75, 3.05) is 0 Å². The Balaban J connectivity index is 2.21. The third-order valence-electron chi connectivity index (χ3n) is 2.73. The molecule has 1 unspecified atom stereocenters. The minimum absolute atomic E-state index is 0.193. The highest BCUT2D eigenvalue weighted by Gasteiger charge is 2.15. The van der Waals surface area contributed by atoms with Gasteiger partial charge in [0, 0.05) is 16.6 Å². The van der Waals surface area contributed by atoms with Gasteiger partial charge in [-0.3, -0.25) is 0 Å². The molecule has 0 saturated heterocycles. The van der Waals surface area contributed by atoms with Crippen LogP contribution in [0.4, 0.5) is 0 Å². The molecule has 1 nitrogen and oxygen atoms in total. The van der Waals surface area contributed by atoms with E-state index < -0.39 is 0 Å². The van der Waals surface area contributed by atoms with Crippen LogP contribution in [-0.2, 0) is 6.42 Å². The first-order valence-electron chi connectivity index (χ1n) is 5.42. The highest BCUT2D eigenvalue weighted by molar-refractivity contribution is 7.20. The number of aryl methyl sites for hydroxylation is 1. The van der Waals surface area contributed by atoms with Crippen LogP contribution in [0.25, 0.3) is 0 Å². The van der Waals surface area contributed by atoms with Crippen molar-refractivity contribution in [2.24, 2.45) is 5.73 Å². The van der Waals surface area contributed by atoms with E-state index >= 15 is 0 Å². The van der Waals surface area contributed by atoms with Gasteiger partial charge in [-0.2, -0.15) is 0 Å². The lowest BCUT2D eigenvalue weighted by Crippen LogP contribution is -2.13. The topological polar surface area (TPSA) is 26.0 Å². The van der Waals surface area contributed by atoms with Crippen LogP contribution >= 0.6 is 46.1 Å². The summed E-state index contributed by atoms with van der Waals surface area (Å²) in [5.41, 5.74) is 9.19. The normalized spacial score (nSPS) is 12.7. The number of hydrogen-bond acceptors (Lipinski definition) is 2. The predicted molar refractivity (Wildman–Crippen MR) is 81.2 cm³/mol. The zero-order valence-electron chi connectivity index (χ0n) is 9.71. The summed E-state index contributed by atoms with van der Waals surface area (Å²) < 4.78 is 1.30. The van der Waals surface area contributed by atoms with Crippen molar-refractivity contribution in [1.29, 1.82) is 0 Å². The number of hydrogen-bond donors (Lipinski definition) is 1. The van der Waals surface area contributed by atoms with Gasteiger partial charge in [0.15, 0.2) is 0 Å². The van der Waals surface area contributed by atoms with Crippen molar-refractivity contribution in [3.63, 3.8) is 0 Å². The fourth-order valence-corrected chi connectivity index (χ4v) is 3.68. The summed E-state index contributed by atoms with van der Waals surface area (Å²) in [4.78, 5) is 0. The molecule has 0 aliphatic heterocycles. The van der Waals surface area contributed by atoms with E-state index in [4.69, 9.17) is 40.5 Å². The first kappa shape index (κ1) is 14.2. The summed E-state index contributed by atoms with van der Waals surface area (Å²) in [6.07, 6.45) is 0.645. The van der Waals surface area contributed by atoms with Crippen molar-refractivity contribution in [3.05, 3.63) is 54.7 Å². The van der Waals surface area contributed by atoms with Gasteiger partial charge in [0.25, 0.3) is 0 Å². The molecule has 1 aromatic carbocycles. The summed E-state index contributed by atoms with van der Waals surface area (Å²) in [6.45, 7) is 2.01. The maximum atomic E-state index is 6.19. The lowest BCUT2D eigenvalue weighted by molar-refractivity contribution is 0.725.